The lowest BCUT2D eigenvalue weighted by atomic mass is 10.1. The predicted octanol–water partition coefficient (Wildman–Crippen LogP) is 4.35. The minimum Gasteiger partial charge on any atom is -0.252 e. The topological polar surface area (TPSA) is 12.9 Å². The van der Waals surface area contributed by atoms with E-state index in [1.54, 1.807) is 12.3 Å². The fraction of sp³-hybridized carbons (Fsp3) is 0.0625. The molecule has 1 nitrogen and oxygen atoms in total. The molecule has 3 rings (SSSR count). The molecule has 2 aromatic carbocycles. The van der Waals surface area contributed by atoms with E-state index in [-0.39, 0.29) is 5.82 Å². The van der Waals surface area contributed by atoms with Crippen LogP contribution in [0.15, 0.2) is 54.7 Å². The zero-order valence-corrected chi connectivity index (χ0v) is 10.0. The fourth-order valence-corrected chi connectivity index (χ4v) is 2.04. The van der Waals surface area contributed by atoms with Crippen molar-refractivity contribution >= 4 is 10.8 Å². The van der Waals surface area contributed by atoms with E-state index in [0.717, 1.165) is 16.5 Å². The Hall–Kier alpha value is -2.22. The highest BCUT2D eigenvalue weighted by Gasteiger charge is 2.10. The second-order valence-electron chi connectivity index (χ2n) is 4.37. The molecule has 0 unspecified atom stereocenters. The van der Waals surface area contributed by atoms with E-state index >= 15 is 0 Å². The number of rotatable bonds is 1. The van der Waals surface area contributed by atoms with Crippen LogP contribution in [0.5, 0.6) is 0 Å². The standard InChI is InChI=1S/C16H12FN/c1-11-6-8-12(9-7-11)16-15(17)14-5-3-2-4-13(14)10-18-16/h2-10H,1H3. The van der Waals surface area contributed by atoms with Gasteiger partial charge < -0.3 is 0 Å². The van der Waals surface area contributed by atoms with E-state index in [2.05, 4.69) is 4.98 Å². The van der Waals surface area contributed by atoms with Crippen LogP contribution >= 0.6 is 0 Å². The first-order chi connectivity index (χ1) is 8.75. The lowest BCUT2D eigenvalue weighted by Crippen LogP contribution is -1.91. The van der Waals surface area contributed by atoms with Gasteiger partial charge >= 0.3 is 0 Å². The van der Waals surface area contributed by atoms with Crippen molar-refractivity contribution in [1.29, 1.82) is 0 Å². The molecule has 0 N–H and O–H groups in total. The minimum absolute atomic E-state index is 0.253. The van der Waals surface area contributed by atoms with E-state index in [1.807, 2.05) is 49.4 Å². The second kappa shape index (κ2) is 4.22. The number of pyridine rings is 1. The molecule has 88 valence electrons. The van der Waals surface area contributed by atoms with Gasteiger partial charge in [0, 0.05) is 22.5 Å². The SMILES string of the molecule is Cc1ccc(-c2ncc3ccccc3c2F)cc1. The van der Waals surface area contributed by atoms with E-state index in [4.69, 9.17) is 0 Å². The van der Waals surface area contributed by atoms with Crippen molar-refractivity contribution in [2.45, 2.75) is 6.92 Å². The van der Waals surface area contributed by atoms with Gasteiger partial charge in [0.05, 0.1) is 0 Å². The van der Waals surface area contributed by atoms with Crippen LogP contribution in [0.2, 0.25) is 0 Å². The molecule has 3 aromatic rings. The summed E-state index contributed by atoms with van der Waals surface area (Å²) >= 11 is 0. The number of hydrogen-bond acceptors (Lipinski definition) is 1. The van der Waals surface area contributed by atoms with Gasteiger partial charge in [0.1, 0.15) is 5.69 Å². The van der Waals surface area contributed by atoms with Crippen LogP contribution in [0.4, 0.5) is 4.39 Å². The summed E-state index contributed by atoms with van der Waals surface area (Å²) in [6.45, 7) is 2.01. The van der Waals surface area contributed by atoms with Crippen LogP contribution in [-0.2, 0) is 0 Å². The molecule has 18 heavy (non-hydrogen) atoms. The number of nitrogens with zero attached hydrogens (tertiary/aromatic N) is 1. The highest BCUT2D eigenvalue weighted by Crippen LogP contribution is 2.26. The Balaban J connectivity index is 2.24. The molecule has 0 aliphatic carbocycles. The molecule has 2 heteroatoms. The van der Waals surface area contributed by atoms with Crippen LogP contribution in [0.1, 0.15) is 5.56 Å². The molecule has 1 heterocycles. The zero-order valence-electron chi connectivity index (χ0n) is 10.0. The Morgan fingerprint density at radius 2 is 1.67 bits per heavy atom. The molecule has 0 spiro atoms. The largest absolute Gasteiger partial charge is 0.252 e. The van der Waals surface area contributed by atoms with Crippen molar-refractivity contribution in [3.8, 4) is 11.3 Å². The third-order valence-corrected chi connectivity index (χ3v) is 3.06. The third-order valence-electron chi connectivity index (χ3n) is 3.06. The highest BCUT2D eigenvalue weighted by atomic mass is 19.1. The summed E-state index contributed by atoms with van der Waals surface area (Å²) in [5.41, 5.74) is 2.37. The normalized spacial score (nSPS) is 10.8. The van der Waals surface area contributed by atoms with Crippen molar-refractivity contribution in [3.05, 3.63) is 66.1 Å². The summed E-state index contributed by atoms with van der Waals surface area (Å²) in [5.74, 6) is -0.253. The maximum Gasteiger partial charge on any atom is 0.157 e. The maximum absolute atomic E-state index is 14.4. The number of benzene rings is 2. The minimum atomic E-state index is -0.253. The van der Waals surface area contributed by atoms with Gasteiger partial charge in [-0.25, -0.2) is 4.39 Å². The number of aromatic nitrogens is 1. The van der Waals surface area contributed by atoms with Crippen molar-refractivity contribution < 1.29 is 4.39 Å². The Morgan fingerprint density at radius 1 is 0.944 bits per heavy atom. The number of hydrogen-bond donors (Lipinski definition) is 0. The van der Waals surface area contributed by atoms with Gasteiger partial charge in [-0.05, 0) is 6.92 Å². The van der Waals surface area contributed by atoms with E-state index in [9.17, 15) is 4.39 Å². The zero-order chi connectivity index (χ0) is 12.5. The Morgan fingerprint density at radius 3 is 2.44 bits per heavy atom. The van der Waals surface area contributed by atoms with Gasteiger partial charge in [-0.1, -0.05) is 54.1 Å². The maximum atomic E-state index is 14.4. The van der Waals surface area contributed by atoms with Crippen molar-refractivity contribution in [2.24, 2.45) is 0 Å². The second-order valence-corrected chi connectivity index (χ2v) is 4.37. The summed E-state index contributed by atoms with van der Waals surface area (Å²) in [7, 11) is 0. The van der Waals surface area contributed by atoms with Gasteiger partial charge in [0.2, 0.25) is 0 Å². The molecule has 0 aliphatic heterocycles. The highest BCUT2D eigenvalue weighted by molar-refractivity contribution is 5.86. The van der Waals surface area contributed by atoms with Crippen molar-refractivity contribution in [3.63, 3.8) is 0 Å². The molecule has 0 amide bonds. The number of halogens is 1. The van der Waals surface area contributed by atoms with Gasteiger partial charge in [-0.2, -0.15) is 0 Å². The molecule has 1 aromatic heterocycles. The summed E-state index contributed by atoms with van der Waals surface area (Å²) in [4.78, 5) is 4.23. The molecule has 0 bridgehead atoms. The van der Waals surface area contributed by atoms with Gasteiger partial charge in [0.25, 0.3) is 0 Å². The Bertz CT molecular complexity index is 702. The quantitative estimate of drug-likeness (QED) is 0.613. The van der Waals surface area contributed by atoms with Crippen molar-refractivity contribution in [2.75, 3.05) is 0 Å². The van der Waals surface area contributed by atoms with Gasteiger partial charge in [-0.3, -0.25) is 4.98 Å². The van der Waals surface area contributed by atoms with Crippen LogP contribution < -0.4 is 0 Å². The first-order valence-electron chi connectivity index (χ1n) is 5.86. The lowest BCUT2D eigenvalue weighted by molar-refractivity contribution is 0.638. The van der Waals surface area contributed by atoms with Crippen LogP contribution in [0.3, 0.4) is 0 Å². The molecule has 0 aliphatic rings. The molecular formula is C16H12FN. The first kappa shape index (κ1) is 10.9. The molecule has 0 radical (unpaired) electrons. The monoisotopic (exact) mass is 237 g/mol. The molecule has 0 saturated carbocycles. The molecule has 0 fully saturated rings. The first-order valence-corrected chi connectivity index (χ1v) is 5.86. The fourth-order valence-electron chi connectivity index (χ4n) is 2.04. The number of fused-ring (bicyclic) bond motifs is 1. The third kappa shape index (κ3) is 1.76. The Kier molecular flexibility index (Phi) is 2.56. The van der Waals surface area contributed by atoms with Gasteiger partial charge in [0.15, 0.2) is 5.82 Å². The summed E-state index contributed by atoms with van der Waals surface area (Å²) in [6.07, 6.45) is 1.72. The van der Waals surface area contributed by atoms with Crippen LogP contribution in [-0.4, -0.2) is 4.98 Å². The average Bonchev–Trinajstić information content (AvgIpc) is 2.41. The summed E-state index contributed by atoms with van der Waals surface area (Å²) < 4.78 is 14.4. The molecular weight excluding hydrogens is 225 g/mol. The number of aryl methyl sites for hydroxylation is 1. The Labute approximate surface area is 105 Å². The van der Waals surface area contributed by atoms with Crippen LogP contribution in [0, 0.1) is 12.7 Å². The summed E-state index contributed by atoms with van der Waals surface area (Å²) in [5, 5.41) is 1.44. The van der Waals surface area contributed by atoms with Crippen molar-refractivity contribution in [1.82, 2.24) is 4.98 Å². The van der Waals surface area contributed by atoms with E-state index < -0.39 is 0 Å². The lowest BCUT2D eigenvalue weighted by Gasteiger charge is -2.06. The molecule has 0 saturated heterocycles. The smallest absolute Gasteiger partial charge is 0.157 e. The van der Waals surface area contributed by atoms with E-state index in [0.29, 0.717) is 11.1 Å². The van der Waals surface area contributed by atoms with Gasteiger partial charge in [-0.15, -0.1) is 0 Å². The molecule has 0 atom stereocenters. The summed E-state index contributed by atoms with van der Waals surface area (Å²) in [6, 6.07) is 15.1. The van der Waals surface area contributed by atoms with Crippen LogP contribution in [0.25, 0.3) is 22.0 Å². The predicted molar refractivity (Wildman–Crippen MR) is 71.9 cm³/mol. The average molecular weight is 237 g/mol. The van der Waals surface area contributed by atoms with E-state index in [1.165, 1.54) is 0 Å².